The third kappa shape index (κ3) is 3.16. The monoisotopic (exact) mass is 306 g/mol. The van der Waals surface area contributed by atoms with E-state index in [1.165, 1.54) is 11.3 Å². The molecule has 2 heterocycles. The van der Waals surface area contributed by atoms with Crippen molar-refractivity contribution >= 4 is 43.9 Å². The molecule has 0 saturated carbocycles. The highest BCUT2D eigenvalue weighted by Crippen LogP contribution is 2.21. The maximum absolute atomic E-state index is 11.6. The summed E-state index contributed by atoms with van der Waals surface area (Å²) in [4.78, 5) is 16.0. The Morgan fingerprint density at radius 3 is 3.05 bits per heavy atom. The highest BCUT2D eigenvalue weighted by molar-refractivity contribution is 7.18. The van der Waals surface area contributed by atoms with E-state index in [0.29, 0.717) is 11.7 Å². The summed E-state index contributed by atoms with van der Waals surface area (Å²) < 4.78 is 6.47. The van der Waals surface area contributed by atoms with Crippen LogP contribution in [0.1, 0.15) is 5.01 Å². The summed E-state index contributed by atoms with van der Waals surface area (Å²) in [6.45, 7) is 0.290. The first-order valence-electron chi connectivity index (χ1n) is 5.79. The molecule has 0 unspecified atom stereocenters. The molecule has 0 aliphatic carbocycles. The Bertz CT molecular complexity index is 678. The van der Waals surface area contributed by atoms with E-state index in [1.54, 1.807) is 16.8 Å². The number of nitrogens with one attached hydrogen (secondary N) is 1. The van der Waals surface area contributed by atoms with Crippen LogP contribution in [-0.4, -0.2) is 27.7 Å². The zero-order valence-corrected chi connectivity index (χ0v) is 11.9. The smallest absolute Gasteiger partial charge is 0.252 e. The summed E-state index contributed by atoms with van der Waals surface area (Å²) in [5, 5.41) is 11.3. The van der Waals surface area contributed by atoms with Gasteiger partial charge in [0.15, 0.2) is 0 Å². The van der Waals surface area contributed by atoms with Gasteiger partial charge in [0, 0.05) is 0 Å². The van der Waals surface area contributed by atoms with Gasteiger partial charge in [0.25, 0.3) is 5.91 Å². The Balaban J connectivity index is 1.51. The Kier molecular flexibility index (Phi) is 3.95. The molecule has 8 heteroatoms. The molecule has 2 aromatic heterocycles. The molecule has 102 valence electrons. The Morgan fingerprint density at radius 2 is 2.25 bits per heavy atom. The van der Waals surface area contributed by atoms with E-state index in [0.717, 1.165) is 15.2 Å². The number of nitrogens with zero attached hydrogens (tertiary/aromatic N) is 3. The second-order valence-electron chi connectivity index (χ2n) is 3.86. The number of para-hydroxylation sites is 1. The van der Waals surface area contributed by atoms with E-state index >= 15 is 0 Å². The lowest BCUT2D eigenvalue weighted by molar-refractivity contribution is -0.121. The van der Waals surface area contributed by atoms with Gasteiger partial charge in [0.05, 0.1) is 16.8 Å². The van der Waals surface area contributed by atoms with Gasteiger partial charge in [-0.3, -0.25) is 10.1 Å². The molecule has 0 bridgehead atoms. The largest absolute Gasteiger partial charge is 0.364 e. The van der Waals surface area contributed by atoms with Crippen molar-refractivity contribution in [2.24, 2.45) is 0 Å². The minimum atomic E-state index is -0.247. The van der Waals surface area contributed by atoms with Crippen molar-refractivity contribution in [3.63, 3.8) is 0 Å². The van der Waals surface area contributed by atoms with E-state index in [4.69, 9.17) is 4.74 Å². The molecule has 0 aliphatic heterocycles. The van der Waals surface area contributed by atoms with Crippen LogP contribution in [0, 0.1) is 0 Å². The lowest BCUT2D eigenvalue weighted by Gasteiger charge is -2.01. The highest BCUT2D eigenvalue weighted by Gasteiger charge is 2.07. The topological polar surface area (TPSA) is 77.0 Å². The quantitative estimate of drug-likeness (QED) is 0.782. The van der Waals surface area contributed by atoms with Crippen molar-refractivity contribution in [3.8, 4) is 0 Å². The van der Waals surface area contributed by atoms with E-state index in [2.05, 4.69) is 20.5 Å². The first kappa shape index (κ1) is 13.1. The van der Waals surface area contributed by atoms with Crippen molar-refractivity contribution < 1.29 is 9.53 Å². The van der Waals surface area contributed by atoms with Crippen molar-refractivity contribution in [3.05, 3.63) is 34.8 Å². The number of fused-ring (bicyclic) bond motifs is 1. The van der Waals surface area contributed by atoms with Crippen LogP contribution in [0.4, 0.5) is 5.13 Å². The number of hydrogen-bond acceptors (Lipinski definition) is 7. The molecule has 1 aromatic carbocycles. The van der Waals surface area contributed by atoms with Gasteiger partial charge < -0.3 is 4.74 Å². The normalized spacial score (nSPS) is 10.8. The van der Waals surface area contributed by atoms with E-state index < -0.39 is 0 Å². The van der Waals surface area contributed by atoms with Gasteiger partial charge in [-0.25, -0.2) is 4.98 Å². The second kappa shape index (κ2) is 6.04. The average Bonchev–Trinajstić information content (AvgIpc) is 3.07. The summed E-state index contributed by atoms with van der Waals surface area (Å²) in [7, 11) is 0. The van der Waals surface area contributed by atoms with Crippen LogP contribution in [-0.2, 0) is 16.1 Å². The zero-order chi connectivity index (χ0) is 13.8. The minimum Gasteiger partial charge on any atom is -0.364 e. The van der Waals surface area contributed by atoms with Crippen LogP contribution in [0.15, 0.2) is 29.8 Å². The van der Waals surface area contributed by atoms with Gasteiger partial charge in [-0.15, -0.1) is 21.5 Å². The Morgan fingerprint density at radius 1 is 1.35 bits per heavy atom. The standard InChI is InChI=1S/C12H10N4O2S2/c17-10(15-12-16-13-7-19-12)5-18-6-11-14-8-3-1-2-4-9(8)20-11/h1-4,7H,5-6H2,(H,15,16,17). The molecule has 0 radical (unpaired) electrons. The van der Waals surface area contributed by atoms with Gasteiger partial charge in [-0.05, 0) is 12.1 Å². The molecule has 1 amide bonds. The van der Waals surface area contributed by atoms with Crippen molar-refractivity contribution in [2.75, 3.05) is 11.9 Å². The maximum Gasteiger partial charge on any atom is 0.252 e. The molecule has 3 rings (SSSR count). The first-order valence-corrected chi connectivity index (χ1v) is 7.49. The molecule has 0 aliphatic rings. The molecule has 0 saturated heterocycles. The average molecular weight is 306 g/mol. The number of carbonyl (C=O) groups is 1. The number of hydrogen-bond donors (Lipinski definition) is 1. The molecule has 0 fully saturated rings. The maximum atomic E-state index is 11.6. The summed E-state index contributed by atoms with van der Waals surface area (Å²) in [6.07, 6.45) is 0. The van der Waals surface area contributed by atoms with Crippen molar-refractivity contribution in [1.82, 2.24) is 15.2 Å². The number of carbonyl (C=O) groups excluding carboxylic acids is 1. The van der Waals surface area contributed by atoms with Crippen LogP contribution in [0.5, 0.6) is 0 Å². The number of amides is 1. The van der Waals surface area contributed by atoms with Crippen LogP contribution in [0.3, 0.4) is 0 Å². The number of ether oxygens (including phenoxy) is 1. The predicted octanol–water partition coefficient (Wildman–Crippen LogP) is 2.30. The molecular formula is C12H10N4O2S2. The zero-order valence-electron chi connectivity index (χ0n) is 10.3. The summed E-state index contributed by atoms with van der Waals surface area (Å²) in [5.74, 6) is -0.247. The summed E-state index contributed by atoms with van der Waals surface area (Å²) >= 11 is 2.83. The molecule has 3 aromatic rings. The fourth-order valence-electron chi connectivity index (χ4n) is 1.60. The van der Waals surface area contributed by atoms with Crippen molar-refractivity contribution in [1.29, 1.82) is 0 Å². The van der Waals surface area contributed by atoms with Gasteiger partial charge in [0.1, 0.15) is 17.1 Å². The second-order valence-corrected chi connectivity index (χ2v) is 5.81. The lowest BCUT2D eigenvalue weighted by Crippen LogP contribution is -2.18. The number of rotatable bonds is 5. The van der Waals surface area contributed by atoms with E-state index in [-0.39, 0.29) is 12.5 Å². The number of thiazole rings is 1. The molecule has 1 N–H and O–H groups in total. The molecule has 6 nitrogen and oxygen atoms in total. The molecule has 0 spiro atoms. The van der Waals surface area contributed by atoms with E-state index in [9.17, 15) is 4.79 Å². The fraction of sp³-hybridized carbons (Fsp3) is 0.167. The lowest BCUT2D eigenvalue weighted by atomic mass is 10.3. The Labute approximate surface area is 122 Å². The third-order valence-corrected chi connectivity index (χ3v) is 4.02. The number of benzene rings is 1. The minimum absolute atomic E-state index is 0.0322. The molecule has 20 heavy (non-hydrogen) atoms. The van der Waals surface area contributed by atoms with Crippen molar-refractivity contribution in [2.45, 2.75) is 6.61 Å². The van der Waals surface area contributed by atoms with Gasteiger partial charge >= 0.3 is 0 Å². The van der Waals surface area contributed by atoms with Gasteiger partial charge in [-0.1, -0.05) is 23.5 Å². The van der Waals surface area contributed by atoms with Crippen LogP contribution < -0.4 is 5.32 Å². The summed E-state index contributed by atoms with van der Waals surface area (Å²) in [5.41, 5.74) is 2.51. The third-order valence-electron chi connectivity index (χ3n) is 2.40. The number of anilines is 1. The van der Waals surface area contributed by atoms with Crippen LogP contribution in [0.25, 0.3) is 10.2 Å². The molecular weight excluding hydrogens is 296 g/mol. The van der Waals surface area contributed by atoms with E-state index in [1.807, 2.05) is 24.3 Å². The Hall–Kier alpha value is -1.90. The predicted molar refractivity (Wildman–Crippen MR) is 77.8 cm³/mol. The van der Waals surface area contributed by atoms with Crippen LogP contribution in [0.2, 0.25) is 0 Å². The first-order chi connectivity index (χ1) is 9.81. The van der Waals surface area contributed by atoms with Gasteiger partial charge in [-0.2, -0.15) is 0 Å². The summed E-state index contributed by atoms with van der Waals surface area (Å²) in [6, 6.07) is 7.89. The fourth-order valence-corrected chi connectivity index (χ4v) is 2.96. The number of aromatic nitrogens is 3. The van der Waals surface area contributed by atoms with Crippen LogP contribution >= 0.6 is 22.7 Å². The highest BCUT2D eigenvalue weighted by atomic mass is 32.1. The molecule has 0 atom stereocenters. The SMILES string of the molecule is O=C(COCc1nc2ccccc2s1)Nc1nncs1. The van der Waals surface area contributed by atoms with Gasteiger partial charge in [0.2, 0.25) is 5.13 Å².